The second-order valence-corrected chi connectivity index (χ2v) is 3.98. The van der Waals surface area contributed by atoms with E-state index in [1.165, 1.54) is 0 Å². The van der Waals surface area contributed by atoms with Gasteiger partial charge in [-0.05, 0) is 26.3 Å². The molecule has 0 atom stereocenters. The normalized spacial score (nSPS) is 10.7. The number of nitrogens with zero attached hydrogens (tertiary/aromatic N) is 2. The molecule has 0 aliphatic carbocycles. The lowest BCUT2D eigenvalue weighted by Gasteiger charge is -2.29. The first-order chi connectivity index (χ1) is 7.20. The minimum atomic E-state index is 0.463. The average Bonchev–Trinajstić information content (AvgIpc) is 2.25. The molecule has 15 heavy (non-hydrogen) atoms. The topological polar surface area (TPSA) is 42.2 Å². The second kappa shape index (κ2) is 5.71. The van der Waals surface area contributed by atoms with Crippen molar-refractivity contribution in [3.63, 3.8) is 0 Å². The zero-order valence-corrected chi connectivity index (χ0v) is 9.90. The molecule has 0 bridgehead atoms. The summed E-state index contributed by atoms with van der Waals surface area (Å²) in [6.45, 7) is 8.13. The van der Waals surface area contributed by atoms with E-state index in [-0.39, 0.29) is 0 Å². The number of nitrogens with two attached hydrogens (primary N) is 1. The third-order valence-electron chi connectivity index (χ3n) is 2.45. The summed E-state index contributed by atoms with van der Waals surface area (Å²) in [6, 6.07) is 4.45. The molecular formula is C12H21N3. The van der Waals surface area contributed by atoms with Gasteiger partial charge < -0.3 is 10.6 Å². The molecule has 0 radical (unpaired) electrons. The lowest BCUT2D eigenvalue weighted by Crippen LogP contribution is -2.33. The molecule has 0 unspecified atom stereocenters. The Morgan fingerprint density at radius 3 is 2.73 bits per heavy atom. The molecule has 0 spiro atoms. The highest BCUT2D eigenvalue weighted by Gasteiger charge is 2.13. The van der Waals surface area contributed by atoms with Crippen molar-refractivity contribution < 1.29 is 0 Å². The van der Waals surface area contributed by atoms with Gasteiger partial charge >= 0.3 is 0 Å². The van der Waals surface area contributed by atoms with Crippen LogP contribution in [-0.4, -0.2) is 17.6 Å². The molecule has 0 amide bonds. The van der Waals surface area contributed by atoms with Gasteiger partial charge in [0.15, 0.2) is 0 Å². The van der Waals surface area contributed by atoms with Gasteiger partial charge in [-0.2, -0.15) is 0 Å². The Labute approximate surface area is 92.3 Å². The molecule has 3 heteroatoms. The maximum atomic E-state index is 5.72. The van der Waals surface area contributed by atoms with Gasteiger partial charge in [-0.15, -0.1) is 0 Å². The molecule has 1 aromatic heterocycles. The molecule has 0 saturated heterocycles. The van der Waals surface area contributed by atoms with Gasteiger partial charge in [0.1, 0.15) is 5.82 Å². The van der Waals surface area contributed by atoms with Crippen molar-refractivity contribution >= 4 is 5.82 Å². The SMILES string of the molecule is CCCN(c1ncccc1CN)C(C)C. The van der Waals surface area contributed by atoms with Crippen molar-refractivity contribution in [1.29, 1.82) is 0 Å². The number of rotatable bonds is 5. The number of aromatic nitrogens is 1. The molecule has 0 fully saturated rings. The third-order valence-corrected chi connectivity index (χ3v) is 2.45. The predicted molar refractivity (Wildman–Crippen MR) is 64.9 cm³/mol. The first-order valence-corrected chi connectivity index (χ1v) is 5.61. The van der Waals surface area contributed by atoms with E-state index in [0.29, 0.717) is 12.6 Å². The first-order valence-electron chi connectivity index (χ1n) is 5.61. The Morgan fingerprint density at radius 2 is 2.20 bits per heavy atom. The highest BCUT2D eigenvalue weighted by molar-refractivity contribution is 5.47. The number of hydrogen-bond acceptors (Lipinski definition) is 3. The van der Waals surface area contributed by atoms with Crippen molar-refractivity contribution in [2.75, 3.05) is 11.4 Å². The molecule has 84 valence electrons. The van der Waals surface area contributed by atoms with E-state index in [0.717, 1.165) is 24.3 Å². The van der Waals surface area contributed by atoms with Crippen LogP contribution < -0.4 is 10.6 Å². The molecule has 0 aromatic carbocycles. The standard InChI is InChI=1S/C12H21N3/c1-4-8-15(10(2)3)12-11(9-13)6-5-7-14-12/h5-7,10H,4,8-9,13H2,1-3H3. The smallest absolute Gasteiger partial charge is 0.133 e. The second-order valence-electron chi connectivity index (χ2n) is 3.98. The molecular weight excluding hydrogens is 186 g/mol. The fraction of sp³-hybridized carbons (Fsp3) is 0.583. The molecule has 1 rings (SSSR count). The zero-order valence-electron chi connectivity index (χ0n) is 9.90. The van der Waals surface area contributed by atoms with Crippen molar-refractivity contribution in [2.24, 2.45) is 5.73 Å². The van der Waals surface area contributed by atoms with Crippen molar-refractivity contribution in [2.45, 2.75) is 39.8 Å². The van der Waals surface area contributed by atoms with Crippen LogP contribution in [0.2, 0.25) is 0 Å². The molecule has 0 saturated carbocycles. The average molecular weight is 207 g/mol. The Bertz CT molecular complexity index is 297. The van der Waals surface area contributed by atoms with Gasteiger partial charge in [0.2, 0.25) is 0 Å². The van der Waals surface area contributed by atoms with Gasteiger partial charge in [-0.1, -0.05) is 13.0 Å². The van der Waals surface area contributed by atoms with E-state index in [1.54, 1.807) is 0 Å². The summed E-state index contributed by atoms with van der Waals surface area (Å²) >= 11 is 0. The van der Waals surface area contributed by atoms with E-state index in [9.17, 15) is 0 Å². The lowest BCUT2D eigenvalue weighted by atomic mass is 10.2. The Hall–Kier alpha value is -1.09. The summed E-state index contributed by atoms with van der Waals surface area (Å²) in [5.74, 6) is 1.04. The maximum absolute atomic E-state index is 5.72. The van der Waals surface area contributed by atoms with Crippen LogP contribution in [0.3, 0.4) is 0 Å². The molecule has 0 aliphatic heterocycles. The molecule has 1 heterocycles. The molecule has 1 aromatic rings. The monoisotopic (exact) mass is 207 g/mol. The Kier molecular flexibility index (Phi) is 4.56. The molecule has 2 N–H and O–H groups in total. The third kappa shape index (κ3) is 2.93. The predicted octanol–water partition coefficient (Wildman–Crippen LogP) is 2.17. The van der Waals surface area contributed by atoms with E-state index in [4.69, 9.17) is 5.73 Å². The summed E-state index contributed by atoms with van der Waals surface area (Å²) in [5, 5.41) is 0. The van der Waals surface area contributed by atoms with Crippen LogP contribution in [0.5, 0.6) is 0 Å². The largest absolute Gasteiger partial charge is 0.354 e. The van der Waals surface area contributed by atoms with Gasteiger partial charge in [0.25, 0.3) is 0 Å². The van der Waals surface area contributed by atoms with Gasteiger partial charge in [-0.25, -0.2) is 4.98 Å². The summed E-state index contributed by atoms with van der Waals surface area (Å²) in [5.41, 5.74) is 6.84. The van der Waals surface area contributed by atoms with E-state index in [1.807, 2.05) is 18.3 Å². The quantitative estimate of drug-likeness (QED) is 0.804. The fourth-order valence-corrected chi connectivity index (χ4v) is 1.70. The van der Waals surface area contributed by atoms with Gasteiger partial charge in [-0.3, -0.25) is 0 Å². The highest BCUT2D eigenvalue weighted by Crippen LogP contribution is 2.19. The van der Waals surface area contributed by atoms with Gasteiger partial charge in [0, 0.05) is 30.9 Å². The number of hydrogen-bond donors (Lipinski definition) is 1. The van der Waals surface area contributed by atoms with Crippen molar-refractivity contribution in [3.05, 3.63) is 23.9 Å². The van der Waals surface area contributed by atoms with E-state index < -0.39 is 0 Å². The summed E-state index contributed by atoms with van der Waals surface area (Å²) in [4.78, 5) is 6.74. The number of anilines is 1. The first kappa shape index (κ1) is 12.0. The molecule has 3 nitrogen and oxygen atoms in total. The van der Waals surface area contributed by atoms with Crippen LogP contribution in [0.1, 0.15) is 32.8 Å². The van der Waals surface area contributed by atoms with E-state index >= 15 is 0 Å². The summed E-state index contributed by atoms with van der Waals surface area (Å²) in [6.07, 6.45) is 2.96. The van der Waals surface area contributed by atoms with Crippen LogP contribution in [0.4, 0.5) is 5.82 Å². The Balaban J connectivity index is 2.98. The van der Waals surface area contributed by atoms with Gasteiger partial charge in [0.05, 0.1) is 0 Å². The minimum absolute atomic E-state index is 0.463. The summed E-state index contributed by atoms with van der Waals surface area (Å²) in [7, 11) is 0. The highest BCUT2D eigenvalue weighted by atomic mass is 15.2. The van der Waals surface area contributed by atoms with E-state index in [2.05, 4.69) is 30.7 Å². The lowest BCUT2D eigenvalue weighted by molar-refractivity contribution is 0.658. The minimum Gasteiger partial charge on any atom is -0.354 e. The van der Waals surface area contributed by atoms with Crippen molar-refractivity contribution in [1.82, 2.24) is 4.98 Å². The number of pyridine rings is 1. The van der Waals surface area contributed by atoms with Crippen LogP contribution in [0.25, 0.3) is 0 Å². The maximum Gasteiger partial charge on any atom is 0.133 e. The van der Waals surface area contributed by atoms with Crippen LogP contribution >= 0.6 is 0 Å². The van der Waals surface area contributed by atoms with Crippen molar-refractivity contribution in [3.8, 4) is 0 Å². The fourth-order valence-electron chi connectivity index (χ4n) is 1.70. The molecule has 0 aliphatic rings. The van der Waals surface area contributed by atoms with Crippen LogP contribution in [-0.2, 0) is 6.54 Å². The summed E-state index contributed by atoms with van der Waals surface area (Å²) < 4.78 is 0. The zero-order chi connectivity index (χ0) is 11.3. The Morgan fingerprint density at radius 1 is 1.47 bits per heavy atom. The van der Waals surface area contributed by atoms with Crippen LogP contribution in [0, 0.1) is 0 Å². The van der Waals surface area contributed by atoms with Crippen LogP contribution in [0.15, 0.2) is 18.3 Å².